The highest BCUT2D eigenvalue weighted by Gasteiger charge is 2.37. The summed E-state index contributed by atoms with van der Waals surface area (Å²) in [4.78, 5) is 19.4. The number of likely N-dealkylation sites (tertiary alicyclic amines) is 1. The molecule has 9 heteroatoms. The normalized spacial score (nSPS) is 19.9. The van der Waals surface area contributed by atoms with E-state index in [-0.39, 0.29) is 17.5 Å². The minimum absolute atomic E-state index is 0.0820. The fourth-order valence-corrected chi connectivity index (χ4v) is 4.68. The van der Waals surface area contributed by atoms with Crippen LogP contribution in [0.4, 0.5) is 13.2 Å². The molecule has 5 rings (SSSR count). The van der Waals surface area contributed by atoms with E-state index in [0.717, 1.165) is 28.1 Å². The molecule has 168 valence electrons. The molecule has 1 amide bonds. The van der Waals surface area contributed by atoms with Crippen LogP contribution < -0.4 is 0 Å². The number of alkyl halides is 3. The molecule has 1 unspecified atom stereocenters. The van der Waals surface area contributed by atoms with Crippen LogP contribution in [0.15, 0.2) is 36.4 Å². The highest BCUT2D eigenvalue weighted by atomic mass is 19.4. The van der Waals surface area contributed by atoms with E-state index in [1.807, 2.05) is 24.3 Å². The smallest absolute Gasteiger partial charge is 0.363 e. The monoisotopic (exact) mass is 444 g/mol. The van der Waals surface area contributed by atoms with Crippen molar-refractivity contribution >= 4 is 11.6 Å². The summed E-state index contributed by atoms with van der Waals surface area (Å²) < 4.78 is 47.5. The summed E-state index contributed by atoms with van der Waals surface area (Å²) in [7, 11) is 0. The van der Waals surface area contributed by atoms with Gasteiger partial charge in [-0.2, -0.15) is 18.3 Å². The van der Waals surface area contributed by atoms with Crippen LogP contribution in [0.3, 0.4) is 0 Å². The van der Waals surface area contributed by atoms with E-state index in [1.54, 1.807) is 17.9 Å². The average Bonchev–Trinajstić information content (AvgIpc) is 3.17. The van der Waals surface area contributed by atoms with Gasteiger partial charge in [0.25, 0.3) is 5.91 Å². The van der Waals surface area contributed by atoms with Crippen LogP contribution in [0.1, 0.15) is 53.1 Å². The Morgan fingerprint density at radius 3 is 2.66 bits per heavy atom. The highest BCUT2D eigenvalue weighted by Crippen LogP contribution is 2.35. The molecule has 0 radical (unpaired) electrons. The van der Waals surface area contributed by atoms with Gasteiger partial charge in [0.2, 0.25) is 0 Å². The topological polar surface area (TPSA) is 59.7 Å². The molecule has 0 bridgehead atoms. The van der Waals surface area contributed by atoms with E-state index < -0.39 is 18.0 Å². The second-order valence-corrected chi connectivity index (χ2v) is 8.42. The van der Waals surface area contributed by atoms with Crippen LogP contribution in [0.5, 0.6) is 0 Å². The summed E-state index contributed by atoms with van der Waals surface area (Å²) in [6.07, 6.45) is -3.26. The molecule has 1 fully saturated rings. The molecular formula is C23H23F3N4O2. The third kappa shape index (κ3) is 3.74. The number of hydrogen-bond donors (Lipinski definition) is 0. The molecule has 0 aliphatic carbocycles. The number of carbonyl (C=O) groups is 1. The average molecular weight is 444 g/mol. The first-order chi connectivity index (χ1) is 15.3. The van der Waals surface area contributed by atoms with Crippen molar-refractivity contribution in [3.8, 4) is 0 Å². The standard InChI is InChI=1S/C23H23F3N4O2/c1-14-12-20-27-18(13-19(23(24,25)26)30(20)28-14)16-6-9-29(10-7-16)22(31)21-17-5-3-2-4-15(17)8-11-32-21/h2-5,12-13,16,21H,6-11H2,1H3. The predicted octanol–water partition coefficient (Wildman–Crippen LogP) is 4.08. The summed E-state index contributed by atoms with van der Waals surface area (Å²) in [6, 6.07) is 10.4. The van der Waals surface area contributed by atoms with Gasteiger partial charge in [-0.1, -0.05) is 24.3 Å². The fourth-order valence-electron chi connectivity index (χ4n) is 4.68. The van der Waals surface area contributed by atoms with Crippen LogP contribution in [0.25, 0.3) is 5.65 Å². The van der Waals surface area contributed by atoms with Gasteiger partial charge in [0, 0.05) is 30.8 Å². The summed E-state index contributed by atoms with van der Waals surface area (Å²) in [6.45, 7) is 3.05. The van der Waals surface area contributed by atoms with Crippen LogP contribution >= 0.6 is 0 Å². The molecule has 1 atom stereocenters. The third-order valence-corrected chi connectivity index (χ3v) is 6.30. The van der Waals surface area contributed by atoms with Crippen molar-refractivity contribution in [2.24, 2.45) is 0 Å². The van der Waals surface area contributed by atoms with Crippen LogP contribution in [-0.4, -0.2) is 45.1 Å². The van der Waals surface area contributed by atoms with Gasteiger partial charge in [0.1, 0.15) is 5.69 Å². The van der Waals surface area contributed by atoms with Crippen molar-refractivity contribution < 1.29 is 22.7 Å². The lowest BCUT2D eigenvalue weighted by molar-refractivity contribution is -0.146. The minimum atomic E-state index is -4.53. The van der Waals surface area contributed by atoms with Crippen molar-refractivity contribution in [3.63, 3.8) is 0 Å². The Labute approximate surface area is 183 Å². The Kier molecular flexibility index (Phi) is 5.16. The number of nitrogens with zero attached hydrogens (tertiary/aromatic N) is 4. The fraction of sp³-hybridized carbons (Fsp3) is 0.435. The zero-order chi connectivity index (χ0) is 22.5. The first-order valence-electron chi connectivity index (χ1n) is 10.7. The molecule has 0 spiro atoms. The zero-order valence-electron chi connectivity index (χ0n) is 17.6. The Balaban J connectivity index is 1.34. The number of aryl methyl sites for hydroxylation is 1. The Hall–Kier alpha value is -2.94. The molecule has 1 saturated heterocycles. The summed E-state index contributed by atoms with van der Waals surface area (Å²) >= 11 is 0. The summed E-state index contributed by atoms with van der Waals surface area (Å²) in [5.74, 6) is -0.235. The van der Waals surface area contributed by atoms with Crippen LogP contribution in [-0.2, 0) is 22.1 Å². The lowest BCUT2D eigenvalue weighted by Gasteiger charge is -2.35. The van der Waals surface area contributed by atoms with Crippen molar-refractivity contribution in [2.45, 2.75) is 44.4 Å². The van der Waals surface area contributed by atoms with Crippen molar-refractivity contribution in [1.82, 2.24) is 19.5 Å². The maximum absolute atomic E-state index is 13.6. The summed E-state index contributed by atoms with van der Waals surface area (Å²) in [5, 5.41) is 3.94. The highest BCUT2D eigenvalue weighted by molar-refractivity contribution is 5.83. The van der Waals surface area contributed by atoms with Gasteiger partial charge < -0.3 is 9.64 Å². The Bertz CT molecular complexity index is 1170. The molecule has 3 aromatic rings. The van der Waals surface area contributed by atoms with E-state index in [0.29, 0.717) is 43.9 Å². The number of aromatic nitrogens is 3. The van der Waals surface area contributed by atoms with Gasteiger partial charge in [-0.3, -0.25) is 4.79 Å². The van der Waals surface area contributed by atoms with Gasteiger partial charge in [-0.25, -0.2) is 9.50 Å². The summed E-state index contributed by atoms with van der Waals surface area (Å²) in [5.41, 5.74) is 2.28. The van der Waals surface area contributed by atoms with Crippen molar-refractivity contribution in [1.29, 1.82) is 0 Å². The lowest BCUT2D eigenvalue weighted by Crippen LogP contribution is -2.42. The predicted molar refractivity (Wildman–Crippen MR) is 110 cm³/mol. The zero-order valence-corrected chi connectivity index (χ0v) is 17.6. The van der Waals surface area contributed by atoms with Gasteiger partial charge in [-0.15, -0.1) is 0 Å². The molecule has 6 nitrogen and oxygen atoms in total. The number of halogens is 3. The van der Waals surface area contributed by atoms with E-state index >= 15 is 0 Å². The molecular weight excluding hydrogens is 421 g/mol. The largest absolute Gasteiger partial charge is 0.433 e. The first-order valence-corrected chi connectivity index (χ1v) is 10.7. The number of piperidine rings is 1. The molecule has 0 N–H and O–H groups in total. The molecule has 32 heavy (non-hydrogen) atoms. The number of amides is 1. The number of rotatable bonds is 2. The maximum atomic E-state index is 13.6. The Morgan fingerprint density at radius 1 is 1.16 bits per heavy atom. The molecule has 4 heterocycles. The second kappa shape index (κ2) is 7.88. The first kappa shape index (κ1) is 20.9. The van der Waals surface area contributed by atoms with Crippen LogP contribution in [0.2, 0.25) is 0 Å². The van der Waals surface area contributed by atoms with Gasteiger partial charge >= 0.3 is 6.18 Å². The van der Waals surface area contributed by atoms with Crippen molar-refractivity contribution in [3.05, 3.63) is 64.6 Å². The number of benzene rings is 1. The number of ether oxygens (including phenoxy) is 1. The molecule has 1 aromatic carbocycles. The van der Waals surface area contributed by atoms with E-state index in [2.05, 4.69) is 10.1 Å². The van der Waals surface area contributed by atoms with E-state index in [1.165, 1.54) is 0 Å². The molecule has 0 saturated carbocycles. The minimum Gasteiger partial charge on any atom is -0.363 e. The van der Waals surface area contributed by atoms with Gasteiger partial charge in [0.15, 0.2) is 11.8 Å². The lowest BCUT2D eigenvalue weighted by atomic mass is 9.91. The molecule has 2 aliphatic heterocycles. The van der Waals surface area contributed by atoms with Gasteiger partial charge in [-0.05, 0) is 43.4 Å². The number of carbonyl (C=O) groups excluding carboxylic acids is 1. The molecule has 2 aliphatic rings. The number of hydrogen-bond acceptors (Lipinski definition) is 4. The molecule has 2 aromatic heterocycles. The Morgan fingerprint density at radius 2 is 1.91 bits per heavy atom. The van der Waals surface area contributed by atoms with Crippen molar-refractivity contribution in [2.75, 3.05) is 19.7 Å². The number of fused-ring (bicyclic) bond motifs is 2. The SMILES string of the molecule is Cc1cc2nc(C3CCN(C(=O)C4OCCc5ccccc54)CC3)cc(C(F)(F)F)n2n1. The quantitative estimate of drug-likeness (QED) is 0.598. The second-order valence-electron chi connectivity index (χ2n) is 8.42. The van der Waals surface area contributed by atoms with E-state index in [9.17, 15) is 18.0 Å². The van der Waals surface area contributed by atoms with E-state index in [4.69, 9.17) is 4.74 Å². The maximum Gasteiger partial charge on any atom is 0.433 e. The third-order valence-electron chi connectivity index (χ3n) is 6.30. The van der Waals surface area contributed by atoms with Crippen LogP contribution in [0, 0.1) is 6.92 Å². The van der Waals surface area contributed by atoms with Gasteiger partial charge in [0.05, 0.1) is 12.3 Å².